The number of nitrogens with zero attached hydrogens (tertiary/aromatic N) is 2. The van der Waals surface area contributed by atoms with Gasteiger partial charge in [-0.1, -0.05) is 23.4 Å². The minimum absolute atomic E-state index is 0.111. The second-order valence-electron chi connectivity index (χ2n) is 7.46. The van der Waals surface area contributed by atoms with Crippen molar-refractivity contribution in [2.75, 3.05) is 17.1 Å². The van der Waals surface area contributed by atoms with Gasteiger partial charge in [0.2, 0.25) is 0 Å². The smallest absolute Gasteiger partial charge is 0.263 e. The maximum Gasteiger partial charge on any atom is 0.263 e. The Morgan fingerprint density at radius 1 is 0.909 bits per heavy atom. The average molecular weight is 461 g/mol. The van der Waals surface area contributed by atoms with Crippen LogP contribution in [0.4, 0.5) is 17.2 Å². The molecule has 166 valence electrons. The van der Waals surface area contributed by atoms with Gasteiger partial charge >= 0.3 is 0 Å². The summed E-state index contributed by atoms with van der Waals surface area (Å²) >= 11 is 0. The lowest BCUT2D eigenvalue weighted by molar-refractivity contribution is 0.400. The molecule has 8 nitrogen and oxygen atoms in total. The van der Waals surface area contributed by atoms with Gasteiger partial charge in [0, 0.05) is 22.5 Å². The van der Waals surface area contributed by atoms with Crippen LogP contribution in [0.15, 0.2) is 82.2 Å². The third-order valence-electron chi connectivity index (χ3n) is 5.19. The predicted molar refractivity (Wildman–Crippen MR) is 128 cm³/mol. The van der Waals surface area contributed by atoms with Crippen molar-refractivity contribution in [2.45, 2.75) is 11.8 Å². The fourth-order valence-corrected chi connectivity index (χ4v) is 4.59. The molecule has 0 aliphatic rings. The highest BCUT2D eigenvalue weighted by Crippen LogP contribution is 2.35. The van der Waals surface area contributed by atoms with Crippen LogP contribution in [0.1, 0.15) is 5.76 Å². The average Bonchev–Trinajstić information content (AvgIpc) is 3.22. The van der Waals surface area contributed by atoms with Crippen LogP contribution in [-0.2, 0) is 10.0 Å². The number of sulfonamides is 1. The van der Waals surface area contributed by atoms with Crippen LogP contribution < -0.4 is 14.8 Å². The van der Waals surface area contributed by atoms with E-state index in [0.29, 0.717) is 5.76 Å². The van der Waals surface area contributed by atoms with Gasteiger partial charge in [-0.15, -0.1) is 0 Å². The number of hydrogen-bond donors (Lipinski definition) is 2. The van der Waals surface area contributed by atoms with E-state index in [-0.39, 0.29) is 10.7 Å². The molecular weight excluding hydrogens is 440 g/mol. The second kappa shape index (κ2) is 8.10. The molecule has 0 fully saturated rings. The highest BCUT2D eigenvalue weighted by atomic mass is 32.2. The highest BCUT2D eigenvalue weighted by Gasteiger charge is 2.17. The Labute approximate surface area is 190 Å². The van der Waals surface area contributed by atoms with E-state index in [2.05, 4.69) is 15.2 Å². The van der Waals surface area contributed by atoms with E-state index in [9.17, 15) is 8.42 Å². The van der Waals surface area contributed by atoms with Gasteiger partial charge < -0.3 is 14.6 Å². The molecule has 0 atom stereocenters. The number of ether oxygens (including phenoxy) is 1. The van der Waals surface area contributed by atoms with Crippen LogP contribution in [0.2, 0.25) is 0 Å². The van der Waals surface area contributed by atoms with Crippen molar-refractivity contribution in [1.29, 1.82) is 0 Å². The first kappa shape index (κ1) is 20.8. The molecule has 2 aromatic heterocycles. The summed E-state index contributed by atoms with van der Waals surface area (Å²) in [7, 11) is -2.17. The number of nitrogens with one attached hydrogen (secondary N) is 2. The van der Waals surface area contributed by atoms with Gasteiger partial charge in [0.1, 0.15) is 11.5 Å². The zero-order chi connectivity index (χ0) is 23.0. The molecule has 0 aliphatic carbocycles. The Balaban J connectivity index is 1.51. The largest absolute Gasteiger partial charge is 0.497 e. The van der Waals surface area contributed by atoms with Crippen LogP contribution >= 0.6 is 0 Å². The summed E-state index contributed by atoms with van der Waals surface area (Å²) in [5.74, 6) is 1.37. The zero-order valence-corrected chi connectivity index (χ0v) is 18.7. The topological polar surface area (TPSA) is 106 Å². The third-order valence-corrected chi connectivity index (χ3v) is 6.56. The summed E-state index contributed by atoms with van der Waals surface area (Å²) in [6.45, 7) is 1.69. The molecule has 0 aliphatic heterocycles. The molecule has 3 aromatic carbocycles. The van der Waals surface area contributed by atoms with Crippen LogP contribution in [0.3, 0.4) is 0 Å². The number of anilines is 3. The minimum Gasteiger partial charge on any atom is -0.497 e. The summed E-state index contributed by atoms with van der Waals surface area (Å²) in [5, 5.41) is 8.95. The fourth-order valence-electron chi connectivity index (χ4n) is 3.60. The van der Waals surface area contributed by atoms with E-state index in [1.54, 1.807) is 26.2 Å². The first-order valence-electron chi connectivity index (χ1n) is 10.1. The minimum atomic E-state index is -3.79. The summed E-state index contributed by atoms with van der Waals surface area (Å²) < 4.78 is 38.1. The molecule has 0 unspecified atom stereocenters. The Morgan fingerprint density at radius 2 is 1.67 bits per heavy atom. The number of methoxy groups -OCH3 is 1. The van der Waals surface area contributed by atoms with Crippen LogP contribution in [0, 0.1) is 6.92 Å². The molecular formula is C24H20N4O4S. The lowest BCUT2D eigenvalue weighted by atomic mass is 10.1. The maximum absolute atomic E-state index is 12.7. The van der Waals surface area contributed by atoms with E-state index >= 15 is 0 Å². The Bertz CT molecular complexity index is 1580. The van der Waals surface area contributed by atoms with Crippen molar-refractivity contribution in [3.63, 3.8) is 0 Å². The van der Waals surface area contributed by atoms with Gasteiger partial charge in [-0.2, -0.15) is 0 Å². The molecule has 0 spiro atoms. The van der Waals surface area contributed by atoms with Crippen LogP contribution in [0.5, 0.6) is 5.75 Å². The number of fused-ring (bicyclic) bond motifs is 2. The molecule has 2 N–H and O–H groups in total. The molecule has 0 saturated heterocycles. The molecule has 5 aromatic rings. The van der Waals surface area contributed by atoms with Gasteiger partial charge in [0.05, 0.1) is 28.7 Å². The van der Waals surface area contributed by atoms with E-state index in [4.69, 9.17) is 14.2 Å². The fraction of sp³-hybridized carbons (Fsp3) is 0.0833. The van der Waals surface area contributed by atoms with E-state index < -0.39 is 10.0 Å². The summed E-state index contributed by atoms with van der Waals surface area (Å²) in [6, 6.07) is 21.6. The lowest BCUT2D eigenvalue weighted by Gasteiger charge is -2.14. The van der Waals surface area contributed by atoms with Crippen LogP contribution in [0.25, 0.3) is 21.8 Å². The number of benzene rings is 3. The Kier molecular flexibility index (Phi) is 5.10. The number of pyridine rings is 1. The van der Waals surface area contributed by atoms with Gasteiger partial charge in [-0.05, 0) is 55.5 Å². The number of rotatable bonds is 6. The third kappa shape index (κ3) is 4.06. The van der Waals surface area contributed by atoms with Crippen molar-refractivity contribution in [3.8, 4) is 5.75 Å². The molecule has 33 heavy (non-hydrogen) atoms. The number of hydrogen-bond acceptors (Lipinski definition) is 7. The van der Waals surface area contributed by atoms with Crippen molar-refractivity contribution in [3.05, 3.63) is 78.6 Å². The van der Waals surface area contributed by atoms with Crippen molar-refractivity contribution < 1.29 is 17.7 Å². The van der Waals surface area contributed by atoms with Gasteiger partial charge in [-0.25, -0.2) is 13.4 Å². The molecule has 2 heterocycles. The van der Waals surface area contributed by atoms with E-state index in [1.165, 1.54) is 18.2 Å². The molecule has 5 rings (SSSR count). The first-order chi connectivity index (χ1) is 15.9. The highest BCUT2D eigenvalue weighted by molar-refractivity contribution is 7.92. The molecule has 0 radical (unpaired) electrons. The standard InChI is InChI=1S/C24H20N4O4S/c1-15-13-23(27-32-15)28-33(29,30)18-10-7-16(8-11-18)25-24-19-5-3-4-6-21(19)26-22-12-9-17(31-2)14-20(22)24/h3-14H,1-2H3,(H,25,26)(H,27,28). The summed E-state index contributed by atoms with van der Waals surface area (Å²) in [5.41, 5.74) is 3.26. The van der Waals surface area contributed by atoms with E-state index in [0.717, 1.165) is 38.9 Å². The predicted octanol–water partition coefficient (Wildman–Crippen LogP) is 5.24. The number of aromatic nitrogens is 2. The van der Waals surface area contributed by atoms with Gasteiger partial charge in [-0.3, -0.25) is 4.72 Å². The van der Waals surface area contributed by atoms with E-state index in [1.807, 2.05) is 42.5 Å². The van der Waals surface area contributed by atoms with Gasteiger partial charge in [0.15, 0.2) is 5.82 Å². The first-order valence-corrected chi connectivity index (χ1v) is 11.6. The molecule has 0 bridgehead atoms. The quantitative estimate of drug-likeness (QED) is 0.334. The van der Waals surface area contributed by atoms with Crippen molar-refractivity contribution in [1.82, 2.24) is 10.1 Å². The second-order valence-corrected chi connectivity index (χ2v) is 9.15. The monoisotopic (exact) mass is 460 g/mol. The van der Waals surface area contributed by atoms with Gasteiger partial charge in [0.25, 0.3) is 10.0 Å². The zero-order valence-electron chi connectivity index (χ0n) is 17.9. The van der Waals surface area contributed by atoms with Crippen molar-refractivity contribution in [2.24, 2.45) is 0 Å². The summed E-state index contributed by atoms with van der Waals surface area (Å²) in [4.78, 5) is 4.86. The number of para-hydroxylation sites is 1. The Morgan fingerprint density at radius 3 is 2.39 bits per heavy atom. The maximum atomic E-state index is 12.7. The lowest BCUT2D eigenvalue weighted by Crippen LogP contribution is -2.13. The molecule has 0 amide bonds. The molecule has 0 saturated carbocycles. The molecule has 9 heteroatoms. The summed E-state index contributed by atoms with van der Waals surface area (Å²) in [6.07, 6.45) is 0. The SMILES string of the molecule is COc1ccc2nc3ccccc3c(Nc3ccc(S(=O)(=O)Nc4cc(C)on4)cc3)c2c1. The normalized spacial score (nSPS) is 11.6. The Hall–Kier alpha value is -4.11. The number of aryl methyl sites for hydroxylation is 1. The van der Waals surface area contributed by atoms with Crippen molar-refractivity contribution >= 4 is 49.0 Å². The van der Waals surface area contributed by atoms with Crippen LogP contribution in [-0.4, -0.2) is 25.7 Å².